The third kappa shape index (κ3) is 16.6. The van der Waals surface area contributed by atoms with Crippen molar-refractivity contribution in [3.63, 3.8) is 0 Å². The molecule has 0 saturated carbocycles. The standard InChI is InChI=1S/C13H25N3O3.C2F6NO4S2/c1-16(2,3)10-11-19-13(18)15-9-7-5-4-6-8-14-12-17;3-1(4,5)14(10,11)9-15(12,13)2(6,7)8/h4-11H2,1-3H3;/q;-1/p+1. The lowest BCUT2D eigenvalue weighted by Crippen LogP contribution is -2.39. The van der Waals surface area contributed by atoms with Crippen LogP contribution in [-0.2, 0) is 29.6 Å². The molecule has 11 nitrogen and oxygen atoms in total. The number of likely N-dealkylation sites (N-methyl/N-ethyl adjacent to an activating group) is 1. The van der Waals surface area contributed by atoms with Crippen LogP contribution in [0.2, 0.25) is 0 Å². The Morgan fingerprint density at radius 2 is 1.41 bits per heavy atom. The van der Waals surface area contributed by atoms with E-state index in [4.69, 9.17) is 4.74 Å². The molecule has 202 valence electrons. The quantitative estimate of drug-likeness (QED) is 0.128. The summed E-state index contributed by atoms with van der Waals surface area (Å²) in [5.41, 5.74) is -12.4. The highest BCUT2D eigenvalue weighted by atomic mass is 32.3. The third-order valence-electron chi connectivity index (χ3n) is 3.31. The van der Waals surface area contributed by atoms with Gasteiger partial charge in [0.25, 0.3) is 0 Å². The van der Waals surface area contributed by atoms with Crippen LogP contribution >= 0.6 is 0 Å². The fourth-order valence-electron chi connectivity index (χ4n) is 1.58. The Kier molecular flexibility index (Phi) is 14.5. The highest BCUT2D eigenvalue weighted by molar-refractivity contribution is 8.13. The van der Waals surface area contributed by atoms with E-state index in [1.807, 2.05) is 0 Å². The number of carbonyl (C=O) groups excluding carboxylic acids is 2. The zero-order chi connectivity index (χ0) is 27.3. The fourth-order valence-corrected chi connectivity index (χ4v) is 3.29. The summed E-state index contributed by atoms with van der Waals surface area (Å²) in [7, 11) is -7.29. The smallest absolute Gasteiger partial charge is 0.444 e. The van der Waals surface area contributed by atoms with Gasteiger partial charge in [0.05, 0.1) is 27.7 Å². The van der Waals surface area contributed by atoms with E-state index in [0.717, 1.165) is 40.8 Å². The van der Waals surface area contributed by atoms with Crippen molar-refractivity contribution in [2.45, 2.75) is 36.7 Å². The molecule has 0 saturated heterocycles. The van der Waals surface area contributed by atoms with Crippen molar-refractivity contribution in [3.05, 3.63) is 4.13 Å². The van der Waals surface area contributed by atoms with Crippen molar-refractivity contribution < 1.29 is 62.0 Å². The number of alkyl carbamates (subject to hydrolysis) is 1. The number of unbranched alkanes of at least 4 members (excludes halogenated alkanes) is 3. The Morgan fingerprint density at radius 1 is 0.941 bits per heavy atom. The summed E-state index contributed by atoms with van der Waals surface area (Å²) in [6, 6.07) is 0. The number of nitrogens with zero attached hydrogens (tertiary/aromatic N) is 3. The molecular weight excluding hydrogens is 526 g/mol. The van der Waals surface area contributed by atoms with Gasteiger partial charge in [0, 0.05) is 6.54 Å². The van der Waals surface area contributed by atoms with E-state index < -0.39 is 31.1 Å². The number of sulfonamides is 2. The van der Waals surface area contributed by atoms with Gasteiger partial charge in [-0.2, -0.15) is 26.3 Å². The molecule has 0 rings (SSSR count). The summed E-state index contributed by atoms with van der Waals surface area (Å²) in [6.07, 6.45) is 4.98. The minimum Gasteiger partial charge on any atom is -0.444 e. The lowest BCUT2D eigenvalue weighted by Gasteiger charge is -2.23. The molecule has 0 aliphatic carbocycles. The normalized spacial score (nSPS) is 12.7. The zero-order valence-electron chi connectivity index (χ0n) is 18.4. The van der Waals surface area contributed by atoms with Gasteiger partial charge in [-0.3, -0.25) is 0 Å². The maximum absolute atomic E-state index is 11.4. The van der Waals surface area contributed by atoms with Gasteiger partial charge < -0.3 is 18.7 Å². The molecule has 0 atom stereocenters. The minimum absolute atomic E-state index is 0.348. The second-order valence-electron chi connectivity index (χ2n) is 7.38. The molecular formula is C15H26F6N4O7S2. The maximum Gasteiger partial charge on any atom is 0.480 e. The van der Waals surface area contributed by atoms with Gasteiger partial charge in [0.1, 0.15) is 13.2 Å². The van der Waals surface area contributed by atoms with E-state index >= 15 is 0 Å². The van der Waals surface area contributed by atoms with Crippen LogP contribution in [0.15, 0.2) is 4.99 Å². The molecule has 19 heteroatoms. The number of halogens is 6. The Morgan fingerprint density at radius 3 is 1.82 bits per heavy atom. The van der Waals surface area contributed by atoms with E-state index in [2.05, 4.69) is 31.5 Å². The van der Waals surface area contributed by atoms with Crippen LogP contribution in [0, 0.1) is 0 Å². The summed E-state index contributed by atoms with van der Waals surface area (Å²) < 4.78 is 115. The largest absolute Gasteiger partial charge is 0.480 e. The molecule has 0 fully saturated rings. The highest BCUT2D eigenvalue weighted by Crippen LogP contribution is 2.36. The maximum atomic E-state index is 11.4. The van der Waals surface area contributed by atoms with Gasteiger partial charge in [-0.25, -0.2) is 31.4 Å². The van der Waals surface area contributed by atoms with Gasteiger partial charge in [0.15, 0.2) is 20.0 Å². The van der Waals surface area contributed by atoms with Crippen molar-refractivity contribution in [1.29, 1.82) is 0 Å². The molecule has 0 heterocycles. The van der Waals surface area contributed by atoms with Gasteiger partial charge in [-0.05, 0) is 12.8 Å². The average molecular weight is 553 g/mol. The van der Waals surface area contributed by atoms with Crippen molar-refractivity contribution in [2.24, 2.45) is 4.99 Å². The average Bonchev–Trinajstić information content (AvgIpc) is 2.60. The molecule has 0 aromatic heterocycles. The number of alkyl halides is 6. The van der Waals surface area contributed by atoms with Crippen LogP contribution in [0.1, 0.15) is 25.7 Å². The zero-order valence-corrected chi connectivity index (χ0v) is 20.1. The minimum atomic E-state index is -6.72. The molecule has 34 heavy (non-hydrogen) atoms. The van der Waals surface area contributed by atoms with E-state index in [9.17, 15) is 52.8 Å². The Hall–Kier alpha value is -1.95. The first kappa shape index (κ1) is 34.2. The van der Waals surface area contributed by atoms with Crippen LogP contribution < -0.4 is 5.32 Å². The van der Waals surface area contributed by atoms with E-state index in [-0.39, 0.29) is 6.09 Å². The number of amides is 1. The number of quaternary nitrogens is 1. The molecule has 0 unspecified atom stereocenters. The molecule has 0 aromatic rings. The third-order valence-corrected chi connectivity index (χ3v) is 6.05. The van der Waals surface area contributed by atoms with Crippen LogP contribution in [0.25, 0.3) is 4.13 Å². The highest BCUT2D eigenvalue weighted by Gasteiger charge is 2.46. The molecule has 1 N–H and O–H groups in total. The van der Waals surface area contributed by atoms with Gasteiger partial charge in [0.2, 0.25) is 6.08 Å². The fraction of sp³-hybridized carbons (Fsp3) is 0.867. The summed E-state index contributed by atoms with van der Waals surface area (Å²) in [4.78, 5) is 24.6. The van der Waals surface area contributed by atoms with E-state index in [1.165, 1.54) is 6.08 Å². The molecule has 0 aliphatic rings. The Bertz CT molecular complexity index is 836. The second kappa shape index (κ2) is 14.4. The number of hydrogen-bond donors (Lipinski definition) is 1. The molecule has 0 spiro atoms. The van der Waals surface area contributed by atoms with Crippen LogP contribution in [0.5, 0.6) is 0 Å². The first-order valence-corrected chi connectivity index (χ1v) is 12.2. The van der Waals surface area contributed by atoms with Crippen molar-refractivity contribution in [3.8, 4) is 0 Å². The Labute approximate surface area is 193 Å². The monoisotopic (exact) mass is 552 g/mol. The predicted molar refractivity (Wildman–Crippen MR) is 107 cm³/mol. The lowest BCUT2D eigenvalue weighted by atomic mass is 10.2. The molecule has 0 aromatic carbocycles. The van der Waals surface area contributed by atoms with Crippen molar-refractivity contribution in [1.82, 2.24) is 5.32 Å². The van der Waals surface area contributed by atoms with Gasteiger partial charge in [-0.15, -0.1) is 0 Å². The van der Waals surface area contributed by atoms with E-state index in [1.54, 1.807) is 0 Å². The SMILES string of the molecule is C[N+](C)(C)CCOC(=O)NCCCCCCN=C=O.O=S(=O)([N-]S(=O)(=O)C(F)(F)F)C(F)(F)F. The molecule has 0 radical (unpaired) electrons. The summed E-state index contributed by atoms with van der Waals surface area (Å²) in [5.74, 6) is 0. The van der Waals surface area contributed by atoms with Crippen LogP contribution in [0.3, 0.4) is 0 Å². The van der Waals surface area contributed by atoms with Crippen LogP contribution in [0.4, 0.5) is 31.1 Å². The Balaban J connectivity index is 0. The summed E-state index contributed by atoms with van der Waals surface area (Å²) >= 11 is 0. The van der Waals surface area contributed by atoms with Crippen LogP contribution in [-0.4, -0.2) is 91.9 Å². The molecule has 0 bridgehead atoms. The number of hydrogen-bond acceptors (Lipinski definition) is 8. The number of isocyanates is 1. The first-order valence-electron chi connectivity index (χ1n) is 9.28. The topological polar surface area (TPSA) is 150 Å². The number of ether oxygens (including phenoxy) is 1. The molecule has 1 amide bonds. The summed E-state index contributed by atoms with van der Waals surface area (Å²) in [6.45, 7) is 2.40. The lowest BCUT2D eigenvalue weighted by molar-refractivity contribution is -0.870. The first-order chi connectivity index (χ1) is 15.2. The second-order valence-corrected chi connectivity index (χ2v) is 10.8. The number of aliphatic imine (C=N–C) groups is 1. The number of carbonyl (C=O) groups is 1. The van der Waals surface area contributed by atoms with E-state index in [0.29, 0.717) is 19.7 Å². The molecule has 0 aliphatic heterocycles. The predicted octanol–water partition coefficient (Wildman–Crippen LogP) is 2.37. The van der Waals surface area contributed by atoms with Gasteiger partial charge >= 0.3 is 17.1 Å². The summed E-state index contributed by atoms with van der Waals surface area (Å²) in [5, 5.41) is 2.72. The number of nitrogens with one attached hydrogen (secondary N) is 1. The van der Waals surface area contributed by atoms with Gasteiger partial charge in [-0.1, -0.05) is 12.8 Å². The van der Waals surface area contributed by atoms with Crippen molar-refractivity contribution in [2.75, 3.05) is 47.4 Å². The van der Waals surface area contributed by atoms with Crippen molar-refractivity contribution >= 4 is 32.2 Å². The number of rotatable bonds is 12.